The Bertz CT molecular complexity index is 1000. The molecule has 1 aliphatic rings. The van der Waals surface area contributed by atoms with E-state index in [9.17, 15) is 9.90 Å². The minimum Gasteiger partial charge on any atom is -0.396 e. The van der Waals surface area contributed by atoms with E-state index in [-0.39, 0.29) is 24.5 Å². The quantitative estimate of drug-likeness (QED) is 0.702. The zero-order chi connectivity index (χ0) is 21.1. The van der Waals surface area contributed by atoms with Crippen molar-refractivity contribution in [2.75, 3.05) is 33.8 Å². The molecule has 3 heterocycles. The fourth-order valence-electron chi connectivity index (χ4n) is 4.13. The lowest BCUT2D eigenvalue weighted by Gasteiger charge is -2.29. The lowest BCUT2D eigenvalue weighted by molar-refractivity contribution is 0.0689. The van der Waals surface area contributed by atoms with Crippen LogP contribution in [0.15, 0.2) is 48.9 Å². The Hall–Kier alpha value is -2.77. The van der Waals surface area contributed by atoms with E-state index in [0.29, 0.717) is 25.2 Å². The molecule has 30 heavy (non-hydrogen) atoms. The van der Waals surface area contributed by atoms with E-state index in [4.69, 9.17) is 0 Å². The van der Waals surface area contributed by atoms with Crippen LogP contribution in [0.2, 0.25) is 0 Å². The van der Waals surface area contributed by atoms with Gasteiger partial charge < -0.3 is 19.5 Å². The molecule has 1 aliphatic heterocycles. The summed E-state index contributed by atoms with van der Waals surface area (Å²) in [7, 11) is 4.08. The molecule has 2 aromatic heterocycles. The van der Waals surface area contributed by atoms with Crippen LogP contribution in [0.5, 0.6) is 0 Å². The molecule has 1 amide bonds. The number of aliphatic hydroxyl groups is 1. The van der Waals surface area contributed by atoms with E-state index in [0.717, 1.165) is 24.0 Å². The van der Waals surface area contributed by atoms with Crippen molar-refractivity contribution < 1.29 is 9.90 Å². The van der Waals surface area contributed by atoms with Gasteiger partial charge in [0.05, 0.1) is 18.4 Å². The molecular formula is C23H29N5O2. The number of aliphatic hydroxyl groups excluding tert-OH is 1. The van der Waals surface area contributed by atoms with Gasteiger partial charge in [-0.15, -0.1) is 0 Å². The van der Waals surface area contributed by atoms with Gasteiger partial charge in [-0.1, -0.05) is 30.3 Å². The number of amides is 1. The number of fused-ring (bicyclic) bond motifs is 1. The van der Waals surface area contributed by atoms with Crippen molar-refractivity contribution in [3.63, 3.8) is 0 Å². The van der Waals surface area contributed by atoms with Gasteiger partial charge in [0.15, 0.2) is 5.65 Å². The summed E-state index contributed by atoms with van der Waals surface area (Å²) >= 11 is 0. The van der Waals surface area contributed by atoms with Crippen LogP contribution >= 0.6 is 0 Å². The van der Waals surface area contributed by atoms with E-state index in [1.807, 2.05) is 47.8 Å². The summed E-state index contributed by atoms with van der Waals surface area (Å²) in [5.41, 5.74) is 3.21. The Balaban J connectivity index is 1.56. The van der Waals surface area contributed by atoms with Gasteiger partial charge in [-0.25, -0.2) is 9.97 Å². The summed E-state index contributed by atoms with van der Waals surface area (Å²) in [6.07, 6.45) is 5.32. The fraction of sp³-hybridized carbons (Fsp3) is 0.435. The lowest BCUT2D eigenvalue weighted by atomic mass is 10.0. The average molecular weight is 408 g/mol. The number of pyridine rings is 1. The molecule has 3 aromatic rings. The van der Waals surface area contributed by atoms with Crippen LogP contribution in [-0.4, -0.2) is 75.2 Å². The normalized spacial score (nSPS) is 19.9. The van der Waals surface area contributed by atoms with Crippen molar-refractivity contribution in [1.82, 2.24) is 24.3 Å². The molecule has 4 rings (SSSR count). The molecule has 7 heteroatoms. The highest BCUT2D eigenvalue weighted by Gasteiger charge is 2.28. The largest absolute Gasteiger partial charge is 0.396 e. The molecule has 0 aliphatic carbocycles. The summed E-state index contributed by atoms with van der Waals surface area (Å²) in [6, 6.07) is 12.3. The molecular weight excluding hydrogens is 378 g/mol. The third kappa shape index (κ3) is 4.37. The van der Waals surface area contributed by atoms with Crippen molar-refractivity contribution in [2.45, 2.75) is 25.4 Å². The van der Waals surface area contributed by atoms with Crippen LogP contribution in [0.1, 0.15) is 28.8 Å². The van der Waals surface area contributed by atoms with E-state index in [1.54, 1.807) is 12.5 Å². The SMILES string of the molecule is CN(C)[C@@H]1CC[C@H](CO)CN(C(=O)c2cnc3c(c2)ncn3Cc2ccccc2)C1. The highest BCUT2D eigenvalue weighted by atomic mass is 16.3. The van der Waals surface area contributed by atoms with E-state index in [2.05, 4.69) is 27.0 Å². The third-order valence-corrected chi connectivity index (χ3v) is 5.99. The summed E-state index contributed by atoms with van der Waals surface area (Å²) in [4.78, 5) is 26.3. The second-order valence-corrected chi connectivity index (χ2v) is 8.38. The first-order chi connectivity index (χ1) is 14.5. The zero-order valence-corrected chi connectivity index (χ0v) is 17.6. The summed E-state index contributed by atoms with van der Waals surface area (Å²) in [5, 5.41) is 9.70. The van der Waals surface area contributed by atoms with Crippen molar-refractivity contribution in [3.8, 4) is 0 Å². The van der Waals surface area contributed by atoms with Gasteiger partial charge in [-0.05, 0) is 44.5 Å². The molecule has 0 spiro atoms. The van der Waals surface area contributed by atoms with Crippen LogP contribution < -0.4 is 0 Å². The van der Waals surface area contributed by atoms with Crippen LogP contribution in [0, 0.1) is 5.92 Å². The number of likely N-dealkylation sites (N-methyl/N-ethyl adjacent to an activating group) is 1. The van der Waals surface area contributed by atoms with Crippen molar-refractivity contribution in [3.05, 3.63) is 60.0 Å². The maximum absolute atomic E-state index is 13.3. The molecule has 1 N–H and O–H groups in total. The molecule has 7 nitrogen and oxygen atoms in total. The smallest absolute Gasteiger partial charge is 0.255 e. The Morgan fingerprint density at radius 3 is 2.70 bits per heavy atom. The second kappa shape index (κ2) is 8.93. The first kappa shape index (κ1) is 20.5. The highest BCUT2D eigenvalue weighted by molar-refractivity contribution is 5.96. The Morgan fingerprint density at radius 1 is 1.17 bits per heavy atom. The maximum atomic E-state index is 13.3. The molecule has 1 fully saturated rings. The molecule has 0 saturated carbocycles. The highest BCUT2D eigenvalue weighted by Crippen LogP contribution is 2.22. The predicted molar refractivity (Wildman–Crippen MR) is 116 cm³/mol. The summed E-state index contributed by atoms with van der Waals surface area (Å²) < 4.78 is 1.99. The summed E-state index contributed by atoms with van der Waals surface area (Å²) in [5.74, 6) is 0.0647. The van der Waals surface area contributed by atoms with Crippen molar-refractivity contribution in [2.24, 2.45) is 5.92 Å². The number of carbonyl (C=O) groups is 1. The van der Waals surface area contributed by atoms with Gasteiger partial charge in [-0.2, -0.15) is 0 Å². The van der Waals surface area contributed by atoms with Gasteiger partial charge in [-0.3, -0.25) is 4.79 Å². The summed E-state index contributed by atoms with van der Waals surface area (Å²) in [6.45, 7) is 2.01. The molecule has 1 aromatic carbocycles. The van der Waals surface area contributed by atoms with Gasteiger partial charge in [0.2, 0.25) is 0 Å². The van der Waals surface area contributed by atoms with E-state index >= 15 is 0 Å². The number of benzene rings is 1. The lowest BCUT2D eigenvalue weighted by Crippen LogP contribution is -2.42. The molecule has 2 atom stereocenters. The van der Waals surface area contributed by atoms with Gasteiger partial charge >= 0.3 is 0 Å². The van der Waals surface area contributed by atoms with E-state index < -0.39 is 0 Å². The molecule has 0 bridgehead atoms. The molecule has 0 radical (unpaired) electrons. The Kier molecular flexibility index (Phi) is 6.11. The number of rotatable bonds is 5. The van der Waals surface area contributed by atoms with Gasteiger partial charge in [0, 0.05) is 31.9 Å². The number of likely N-dealkylation sites (tertiary alicyclic amines) is 1. The predicted octanol–water partition coefficient (Wildman–Crippen LogP) is 2.25. The standard InChI is InChI=1S/C23H29N5O2/c1-26(2)20-9-8-18(15-29)13-27(14-20)23(30)19-10-21-22(24-11-19)28(16-25-21)12-17-6-4-3-5-7-17/h3-7,10-11,16,18,20,29H,8-9,12-15H2,1-2H3/t18-,20+/m0/s1. The average Bonchev–Trinajstić information content (AvgIpc) is 3.02. The van der Waals surface area contributed by atoms with Gasteiger partial charge in [0.25, 0.3) is 5.91 Å². The minimum atomic E-state index is -0.0470. The first-order valence-electron chi connectivity index (χ1n) is 10.5. The van der Waals surface area contributed by atoms with Crippen LogP contribution in [0.4, 0.5) is 0 Å². The fourth-order valence-corrected chi connectivity index (χ4v) is 4.13. The van der Waals surface area contributed by atoms with Crippen molar-refractivity contribution >= 4 is 17.1 Å². The van der Waals surface area contributed by atoms with Crippen LogP contribution in [0.3, 0.4) is 0 Å². The zero-order valence-electron chi connectivity index (χ0n) is 17.6. The monoisotopic (exact) mass is 407 g/mol. The van der Waals surface area contributed by atoms with E-state index in [1.165, 1.54) is 5.56 Å². The molecule has 1 saturated heterocycles. The minimum absolute atomic E-state index is 0.0470. The number of nitrogens with zero attached hydrogens (tertiary/aromatic N) is 5. The number of imidazole rings is 1. The second-order valence-electron chi connectivity index (χ2n) is 8.38. The van der Waals surface area contributed by atoms with Crippen LogP contribution in [-0.2, 0) is 6.54 Å². The number of carbonyl (C=O) groups excluding carboxylic acids is 1. The number of hydrogen-bond acceptors (Lipinski definition) is 5. The maximum Gasteiger partial charge on any atom is 0.255 e. The topological polar surface area (TPSA) is 74.5 Å². The number of aromatic nitrogens is 3. The van der Waals surface area contributed by atoms with Gasteiger partial charge in [0.1, 0.15) is 5.52 Å². The number of hydrogen-bond donors (Lipinski definition) is 1. The van der Waals surface area contributed by atoms with Crippen molar-refractivity contribution in [1.29, 1.82) is 0 Å². The van der Waals surface area contributed by atoms with Crippen LogP contribution in [0.25, 0.3) is 11.2 Å². The molecule has 158 valence electrons. The third-order valence-electron chi connectivity index (χ3n) is 5.99. The Labute approximate surface area is 177 Å². The first-order valence-corrected chi connectivity index (χ1v) is 10.5. The molecule has 0 unspecified atom stereocenters. The Morgan fingerprint density at radius 2 is 1.97 bits per heavy atom.